The zero-order valence-electron chi connectivity index (χ0n) is 26.9. The third kappa shape index (κ3) is 8.40. The second kappa shape index (κ2) is 16.7. The number of hydrogen-bond acceptors (Lipinski definition) is 14. The van der Waals surface area contributed by atoms with Crippen LogP contribution in [0.3, 0.4) is 0 Å². The molecule has 46 heavy (non-hydrogen) atoms. The van der Waals surface area contributed by atoms with Gasteiger partial charge in [0.2, 0.25) is 11.9 Å². The highest BCUT2D eigenvalue weighted by molar-refractivity contribution is 5.95. The average molecular weight is 637 g/mol. The van der Waals surface area contributed by atoms with Gasteiger partial charge in [-0.05, 0) is 35.4 Å². The standard InChI is InChI=1S/C32H44N8O6/c1-37(21-23-5-9-25(45-3)10-6-23)29-27-28(34-31(35-29)39(13-17-41)14-18-42)30(36-32(33-27)40(15-19-43)16-20-44)38(2)22-24-7-11-26(46-4)12-8-24/h5-12,41-44H,13-22H2,1-4H3. The number of anilines is 4. The Morgan fingerprint density at radius 2 is 0.848 bits per heavy atom. The molecule has 2 aromatic heterocycles. The average Bonchev–Trinajstić information content (AvgIpc) is 3.07. The molecule has 2 aromatic carbocycles. The lowest BCUT2D eigenvalue weighted by molar-refractivity contribution is 0.279. The van der Waals surface area contributed by atoms with Crippen LogP contribution in [0.25, 0.3) is 11.0 Å². The Morgan fingerprint density at radius 1 is 0.522 bits per heavy atom. The van der Waals surface area contributed by atoms with Crippen LogP contribution in [-0.2, 0) is 13.1 Å². The quantitative estimate of drug-likeness (QED) is 0.124. The summed E-state index contributed by atoms with van der Waals surface area (Å²) in [6.07, 6.45) is 0. The highest BCUT2D eigenvalue weighted by atomic mass is 16.5. The molecule has 0 saturated carbocycles. The Labute approximate surface area is 269 Å². The van der Waals surface area contributed by atoms with Gasteiger partial charge in [0, 0.05) is 53.4 Å². The van der Waals surface area contributed by atoms with Gasteiger partial charge in [-0.2, -0.15) is 9.97 Å². The number of benzene rings is 2. The van der Waals surface area contributed by atoms with Crippen LogP contribution in [0, 0.1) is 0 Å². The first-order valence-electron chi connectivity index (χ1n) is 15.1. The predicted octanol–water partition coefficient (Wildman–Crippen LogP) is 1.29. The van der Waals surface area contributed by atoms with Crippen molar-refractivity contribution in [2.45, 2.75) is 13.1 Å². The van der Waals surface area contributed by atoms with Gasteiger partial charge in [-0.3, -0.25) is 0 Å². The maximum absolute atomic E-state index is 9.81. The molecule has 248 valence electrons. The van der Waals surface area contributed by atoms with Crippen LogP contribution < -0.4 is 29.1 Å². The Morgan fingerprint density at radius 3 is 1.13 bits per heavy atom. The number of fused-ring (bicyclic) bond motifs is 1. The minimum Gasteiger partial charge on any atom is -0.497 e. The zero-order valence-corrected chi connectivity index (χ0v) is 26.9. The smallest absolute Gasteiger partial charge is 0.228 e. The summed E-state index contributed by atoms with van der Waals surface area (Å²) in [7, 11) is 7.05. The van der Waals surface area contributed by atoms with E-state index >= 15 is 0 Å². The summed E-state index contributed by atoms with van der Waals surface area (Å²) in [5.41, 5.74) is 2.95. The molecule has 0 radical (unpaired) electrons. The van der Waals surface area contributed by atoms with Crippen molar-refractivity contribution in [2.24, 2.45) is 0 Å². The fourth-order valence-electron chi connectivity index (χ4n) is 5.04. The van der Waals surface area contributed by atoms with Crippen molar-refractivity contribution in [3.63, 3.8) is 0 Å². The normalized spacial score (nSPS) is 11.0. The van der Waals surface area contributed by atoms with E-state index in [-0.39, 0.29) is 52.6 Å². The maximum Gasteiger partial charge on any atom is 0.228 e. The fourth-order valence-corrected chi connectivity index (χ4v) is 5.04. The van der Waals surface area contributed by atoms with Crippen molar-refractivity contribution in [3.8, 4) is 11.5 Å². The van der Waals surface area contributed by atoms with Gasteiger partial charge < -0.3 is 49.5 Å². The Bertz CT molecular complexity index is 1400. The van der Waals surface area contributed by atoms with Gasteiger partial charge in [-0.15, -0.1) is 0 Å². The minimum absolute atomic E-state index is 0.157. The van der Waals surface area contributed by atoms with E-state index in [0.29, 0.717) is 47.7 Å². The number of ether oxygens (including phenoxy) is 2. The van der Waals surface area contributed by atoms with E-state index in [1.807, 2.05) is 72.4 Å². The lowest BCUT2D eigenvalue weighted by atomic mass is 10.2. The SMILES string of the molecule is COc1ccc(CN(C)c2nc(N(CCO)CCO)nc3c(N(C)Cc4ccc(OC)cc4)nc(N(CCO)CCO)nc23)cc1. The summed E-state index contributed by atoms with van der Waals surface area (Å²) < 4.78 is 10.6. The Kier molecular flexibility index (Phi) is 12.5. The number of rotatable bonds is 18. The molecule has 0 aliphatic heterocycles. The third-order valence-electron chi connectivity index (χ3n) is 7.41. The third-order valence-corrected chi connectivity index (χ3v) is 7.41. The lowest BCUT2D eigenvalue weighted by Gasteiger charge is -2.28. The van der Waals surface area contributed by atoms with Gasteiger partial charge in [0.25, 0.3) is 0 Å². The molecule has 0 unspecified atom stereocenters. The van der Waals surface area contributed by atoms with Crippen LogP contribution >= 0.6 is 0 Å². The molecule has 0 aliphatic rings. The molecule has 2 heterocycles. The van der Waals surface area contributed by atoms with Crippen LogP contribution in [0.1, 0.15) is 11.1 Å². The van der Waals surface area contributed by atoms with E-state index in [2.05, 4.69) is 0 Å². The molecule has 0 fully saturated rings. The number of methoxy groups -OCH3 is 2. The number of hydrogen-bond donors (Lipinski definition) is 4. The fraction of sp³-hybridized carbons (Fsp3) is 0.438. The van der Waals surface area contributed by atoms with Crippen LogP contribution in [0.5, 0.6) is 11.5 Å². The van der Waals surface area contributed by atoms with Crippen LogP contribution in [0.15, 0.2) is 48.5 Å². The molecule has 0 atom stereocenters. The van der Waals surface area contributed by atoms with Crippen molar-refractivity contribution in [1.29, 1.82) is 0 Å². The summed E-state index contributed by atoms with van der Waals surface area (Å²) in [5.74, 6) is 3.13. The van der Waals surface area contributed by atoms with Gasteiger partial charge in [-0.1, -0.05) is 24.3 Å². The Balaban J connectivity index is 1.93. The molecular weight excluding hydrogens is 592 g/mol. The molecule has 4 N–H and O–H groups in total. The van der Waals surface area contributed by atoms with E-state index in [9.17, 15) is 20.4 Å². The Hall–Kier alpha value is -4.50. The molecule has 14 nitrogen and oxygen atoms in total. The largest absolute Gasteiger partial charge is 0.497 e. The monoisotopic (exact) mass is 636 g/mol. The molecule has 4 rings (SSSR count). The molecule has 4 aromatic rings. The summed E-state index contributed by atoms with van der Waals surface area (Å²) in [5, 5.41) is 39.2. The van der Waals surface area contributed by atoms with E-state index in [0.717, 1.165) is 22.6 Å². The van der Waals surface area contributed by atoms with E-state index < -0.39 is 0 Å². The second-order valence-electron chi connectivity index (χ2n) is 10.7. The summed E-state index contributed by atoms with van der Waals surface area (Å²) in [6, 6.07) is 15.5. The number of aliphatic hydroxyl groups excluding tert-OH is 4. The summed E-state index contributed by atoms with van der Waals surface area (Å²) in [4.78, 5) is 27.0. The zero-order chi connectivity index (χ0) is 33.1. The molecule has 0 aliphatic carbocycles. The van der Waals surface area contributed by atoms with Crippen molar-refractivity contribution >= 4 is 34.6 Å². The van der Waals surface area contributed by atoms with Crippen LogP contribution in [-0.4, -0.2) is 121 Å². The van der Waals surface area contributed by atoms with Crippen LogP contribution in [0.4, 0.5) is 23.5 Å². The topological polar surface area (TPSA) is 164 Å². The van der Waals surface area contributed by atoms with E-state index in [1.54, 1.807) is 24.0 Å². The van der Waals surface area contributed by atoms with Gasteiger partial charge in [0.05, 0.1) is 40.6 Å². The van der Waals surface area contributed by atoms with Gasteiger partial charge in [0.15, 0.2) is 11.6 Å². The predicted molar refractivity (Wildman–Crippen MR) is 178 cm³/mol. The summed E-state index contributed by atoms with van der Waals surface area (Å²) in [6.45, 7) is 1.17. The van der Waals surface area contributed by atoms with E-state index in [4.69, 9.17) is 29.4 Å². The van der Waals surface area contributed by atoms with Gasteiger partial charge in [0.1, 0.15) is 22.5 Å². The number of aromatic nitrogens is 4. The second-order valence-corrected chi connectivity index (χ2v) is 10.7. The molecule has 0 bridgehead atoms. The first-order chi connectivity index (χ1) is 22.3. The van der Waals surface area contributed by atoms with Crippen LogP contribution in [0.2, 0.25) is 0 Å². The van der Waals surface area contributed by atoms with Gasteiger partial charge >= 0.3 is 0 Å². The van der Waals surface area contributed by atoms with Crippen molar-refractivity contribution < 1.29 is 29.9 Å². The maximum atomic E-state index is 9.81. The highest BCUT2D eigenvalue weighted by Crippen LogP contribution is 2.33. The number of nitrogens with zero attached hydrogens (tertiary/aromatic N) is 8. The first kappa shape index (κ1) is 34.4. The molecule has 14 heteroatoms. The highest BCUT2D eigenvalue weighted by Gasteiger charge is 2.24. The van der Waals surface area contributed by atoms with Gasteiger partial charge in [-0.25, -0.2) is 9.97 Å². The molecule has 0 spiro atoms. The van der Waals surface area contributed by atoms with Crippen molar-refractivity contribution in [2.75, 3.05) is 101 Å². The van der Waals surface area contributed by atoms with Crippen molar-refractivity contribution in [3.05, 3.63) is 59.7 Å². The minimum atomic E-state index is -0.157. The number of aliphatic hydroxyl groups is 4. The summed E-state index contributed by atoms with van der Waals surface area (Å²) >= 11 is 0. The lowest BCUT2D eigenvalue weighted by Crippen LogP contribution is -2.33. The van der Waals surface area contributed by atoms with E-state index in [1.165, 1.54) is 0 Å². The van der Waals surface area contributed by atoms with Crippen molar-refractivity contribution in [1.82, 2.24) is 19.9 Å². The molecule has 0 saturated heterocycles. The molecular formula is C32H44N8O6. The molecule has 0 amide bonds. The first-order valence-corrected chi connectivity index (χ1v) is 15.1.